The highest BCUT2D eigenvalue weighted by Crippen LogP contribution is 2.47. The fraction of sp³-hybridized carbons (Fsp3) is 0.619. The van der Waals surface area contributed by atoms with Gasteiger partial charge in [0.1, 0.15) is 17.2 Å². The van der Waals surface area contributed by atoms with Crippen LogP contribution in [0.25, 0.3) is 0 Å². The quantitative estimate of drug-likeness (QED) is 0.696. The molecular formula is C21H29FN2O5. The maximum absolute atomic E-state index is 12.9. The minimum atomic E-state index is -0.782. The Balaban J connectivity index is 1.54. The van der Waals surface area contributed by atoms with Gasteiger partial charge in [-0.3, -0.25) is 4.79 Å². The maximum Gasteiger partial charge on any atom is 0.408 e. The van der Waals surface area contributed by atoms with Crippen LogP contribution in [0, 0.1) is 5.82 Å². The Morgan fingerprint density at radius 3 is 2.31 bits per heavy atom. The molecule has 3 N–H and O–H groups in total. The van der Waals surface area contributed by atoms with Crippen molar-refractivity contribution in [2.75, 3.05) is 6.61 Å². The number of fused-ring (bicyclic) bond motifs is 3. The second-order valence-electron chi connectivity index (χ2n) is 9.07. The number of halogens is 1. The Kier molecular flexibility index (Phi) is 5.76. The number of amides is 2. The lowest BCUT2D eigenvalue weighted by Crippen LogP contribution is -2.70. The average molecular weight is 408 g/mol. The highest BCUT2D eigenvalue weighted by Gasteiger charge is 2.55. The molecule has 1 aromatic carbocycles. The van der Waals surface area contributed by atoms with Gasteiger partial charge in [-0.15, -0.1) is 0 Å². The van der Waals surface area contributed by atoms with Crippen LogP contribution in [0.3, 0.4) is 0 Å². The molecular weight excluding hydrogens is 379 g/mol. The zero-order valence-electron chi connectivity index (χ0n) is 17.1. The van der Waals surface area contributed by atoms with E-state index in [9.17, 15) is 19.1 Å². The maximum atomic E-state index is 12.9. The van der Waals surface area contributed by atoms with Gasteiger partial charge in [0.05, 0.1) is 11.6 Å². The molecule has 29 heavy (non-hydrogen) atoms. The normalized spacial score (nSPS) is 28.5. The number of ether oxygens (including phenoxy) is 2. The van der Waals surface area contributed by atoms with E-state index in [-0.39, 0.29) is 18.3 Å². The highest BCUT2D eigenvalue weighted by molar-refractivity contribution is 5.78. The number of aliphatic hydroxyl groups is 1. The molecule has 7 nitrogen and oxygen atoms in total. The van der Waals surface area contributed by atoms with Crippen molar-refractivity contribution in [2.45, 2.75) is 75.7 Å². The number of benzene rings is 1. The Morgan fingerprint density at radius 1 is 1.14 bits per heavy atom. The number of aliphatic hydroxyl groups excluding tert-OH is 1. The largest absolute Gasteiger partial charge is 0.484 e. The van der Waals surface area contributed by atoms with Crippen molar-refractivity contribution in [1.29, 1.82) is 0 Å². The summed E-state index contributed by atoms with van der Waals surface area (Å²) in [4.78, 5) is 24.6. The average Bonchev–Trinajstić information content (AvgIpc) is 2.61. The van der Waals surface area contributed by atoms with E-state index in [0.717, 1.165) is 0 Å². The Morgan fingerprint density at radius 2 is 1.76 bits per heavy atom. The van der Waals surface area contributed by atoms with E-state index in [4.69, 9.17) is 9.47 Å². The second-order valence-corrected chi connectivity index (χ2v) is 9.07. The summed E-state index contributed by atoms with van der Waals surface area (Å²) in [6, 6.07) is 5.45. The van der Waals surface area contributed by atoms with Crippen LogP contribution in [0.1, 0.15) is 52.9 Å². The molecule has 0 saturated heterocycles. The van der Waals surface area contributed by atoms with Gasteiger partial charge in [-0.1, -0.05) is 0 Å². The molecule has 0 spiro atoms. The van der Waals surface area contributed by atoms with Crippen molar-refractivity contribution in [3.05, 3.63) is 30.1 Å². The van der Waals surface area contributed by atoms with Gasteiger partial charge in [0.25, 0.3) is 5.91 Å². The fourth-order valence-electron chi connectivity index (χ4n) is 4.18. The van der Waals surface area contributed by atoms with Crippen LogP contribution in [0.15, 0.2) is 24.3 Å². The van der Waals surface area contributed by atoms with Crippen molar-refractivity contribution >= 4 is 12.0 Å². The van der Waals surface area contributed by atoms with Crippen LogP contribution in [-0.2, 0) is 9.53 Å². The van der Waals surface area contributed by atoms with Crippen molar-refractivity contribution < 1.29 is 28.6 Å². The van der Waals surface area contributed by atoms with Gasteiger partial charge in [-0.2, -0.15) is 0 Å². The van der Waals surface area contributed by atoms with Crippen LogP contribution in [0.4, 0.5) is 9.18 Å². The summed E-state index contributed by atoms with van der Waals surface area (Å²) < 4.78 is 23.7. The van der Waals surface area contributed by atoms with Crippen LogP contribution in [-0.4, -0.2) is 46.5 Å². The highest BCUT2D eigenvalue weighted by atomic mass is 19.1. The first-order valence-corrected chi connectivity index (χ1v) is 9.90. The zero-order chi connectivity index (χ0) is 21.3. The minimum absolute atomic E-state index is 0.190. The van der Waals surface area contributed by atoms with Gasteiger partial charge in [0.2, 0.25) is 0 Å². The van der Waals surface area contributed by atoms with Crippen LogP contribution in [0.2, 0.25) is 0 Å². The van der Waals surface area contributed by atoms with E-state index in [0.29, 0.717) is 37.9 Å². The van der Waals surface area contributed by atoms with Crippen molar-refractivity contribution in [3.63, 3.8) is 0 Å². The monoisotopic (exact) mass is 408 g/mol. The number of carbonyl (C=O) groups excluding carboxylic acids is 2. The van der Waals surface area contributed by atoms with Gasteiger partial charge in [-0.25, -0.2) is 9.18 Å². The lowest BCUT2D eigenvalue weighted by Gasteiger charge is -2.56. The van der Waals surface area contributed by atoms with E-state index in [1.807, 2.05) is 0 Å². The minimum Gasteiger partial charge on any atom is -0.484 e. The Labute approximate surface area is 170 Å². The van der Waals surface area contributed by atoms with Crippen molar-refractivity contribution in [2.24, 2.45) is 0 Å². The summed E-state index contributed by atoms with van der Waals surface area (Å²) in [6.07, 6.45) is 1.41. The third kappa shape index (κ3) is 5.18. The molecule has 1 aromatic rings. The molecule has 3 fully saturated rings. The van der Waals surface area contributed by atoms with Gasteiger partial charge in [0, 0.05) is 5.54 Å². The molecule has 3 aliphatic carbocycles. The van der Waals surface area contributed by atoms with E-state index in [1.54, 1.807) is 20.8 Å². The smallest absolute Gasteiger partial charge is 0.408 e. The van der Waals surface area contributed by atoms with E-state index < -0.39 is 28.9 Å². The van der Waals surface area contributed by atoms with Gasteiger partial charge in [-0.05, 0) is 77.1 Å². The predicted molar refractivity (Wildman–Crippen MR) is 104 cm³/mol. The summed E-state index contributed by atoms with van der Waals surface area (Å²) in [5, 5.41) is 16.6. The Hall–Kier alpha value is -2.35. The molecule has 3 saturated carbocycles. The fourth-order valence-corrected chi connectivity index (χ4v) is 4.18. The van der Waals surface area contributed by atoms with Crippen LogP contribution >= 0.6 is 0 Å². The molecule has 4 rings (SSSR count). The molecule has 3 aliphatic rings. The van der Waals surface area contributed by atoms with E-state index in [2.05, 4.69) is 10.6 Å². The summed E-state index contributed by atoms with van der Waals surface area (Å²) in [6.45, 7) is 5.18. The molecule has 0 unspecified atom stereocenters. The molecule has 160 valence electrons. The first kappa shape index (κ1) is 21.4. The number of nitrogens with one attached hydrogen (secondary N) is 2. The first-order valence-electron chi connectivity index (χ1n) is 9.90. The molecule has 2 amide bonds. The molecule has 0 heterocycles. The number of alkyl carbamates (subject to hydrolysis) is 1. The van der Waals surface area contributed by atoms with Gasteiger partial charge in [0.15, 0.2) is 6.61 Å². The SMILES string of the molecule is CC(C)(C)OC(=O)NC12CCC(NC(=O)COc3ccc(F)cc3)(CC1)C[C@H]2O. The van der Waals surface area contributed by atoms with Crippen LogP contribution < -0.4 is 15.4 Å². The number of rotatable bonds is 5. The molecule has 8 heteroatoms. The standard InChI is InChI=1S/C21H29FN2O5/c1-19(2,3)29-18(27)24-21-10-8-20(9-11-21,12-16(21)25)23-17(26)13-28-15-6-4-14(22)5-7-15/h4-7,16,25H,8-13H2,1-3H3,(H,23,26)(H,24,27)/t16-,20?,21?/m1/s1. The zero-order valence-corrected chi connectivity index (χ0v) is 17.1. The molecule has 0 aliphatic heterocycles. The number of carbonyl (C=O) groups is 2. The third-order valence-electron chi connectivity index (χ3n) is 5.66. The molecule has 0 aromatic heterocycles. The predicted octanol–water partition coefficient (Wildman–Crippen LogP) is 2.66. The molecule has 0 radical (unpaired) electrons. The lowest BCUT2D eigenvalue weighted by atomic mass is 9.60. The number of hydrogen-bond donors (Lipinski definition) is 3. The third-order valence-corrected chi connectivity index (χ3v) is 5.66. The van der Waals surface area contributed by atoms with Crippen LogP contribution in [0.5, 0.6) is 5.75 Å². The van der Waals surface area contributed by atoms with Gasteiger partial charge >= 0.3 is 6.09 Å². The molecule has 2 bridgehead atoms. The summed E-state index contributed by atoms with van der Waals surface area (Å²) in [5.41, 5.74) is -1.85. The summed E-state index contributed by atoms with van der Waals surface area (Å²) in [7, 11) is 0. The molecule has 1 atom stereocenters. The van der Waals surface area contributed by atoms with E-state index in [1.165, 1.54) is 24.3 Å². The number of hydrogen-bond acceptors (Lipinski definition) is 5. The summed E-state index contributed by atoms with van der Waals surface area (Å²) >= 11 is 0. The second kappa shape index (κ2) is 7.82. The lowest BCUT2D eigenvalue weighted by molar-refractivity contribution is -0.129. The Bertz CT molecular complexity index is 751. The van der Waals surface area contributed by atoms with Crippen molar-refractivity contribution in [3.8, 4) is 5.75 Å². The summed E-state index contributed by atoms with van der Waals surface area (Å²) in [5.74, 6) is -0.259. The van der Waals surface area contributed by atoms with E-state index >= 15 is 0 Å². The first-order chi connectivity index (χ1) is 13.5. The topological polar surface area (TPSA) is 96.9 Å². The van der Waals surface area contributed by atoms with Crippen molar-refractivity contribution in [1.82, 2.24) is 10.6 Å². The van der Waals surface area contributed by atoms with Gasteiger partial charge < -0.3 is 25.2 Å².